The maximum atomic E-state index is 13.9. The molecule has 25 heavy (non-hydrogen) atoms. The lowest BCUT2D eigenvalue weighted by molar-refractivity contribution is -0.137. The minimum Gasteiger partial charge on any atom is -0.321 e. The van der Waals surface area contributed by atoms with Crippen LogP contribution in [0.5, 0.6) is 0 Å². The Hall–Kier alpha value is -2.38. The number of anilines is 1. The SMILES string of the molecule is CC(C)c1cnn(C(C)(C)C(=O)Nc2ccc(C(F)(F)F)cc2F)c1. The van der Waals surface area contributed by atoms with Crippen molar-refractivity contribution in [1.29, 1.82) is 0 Å². The average molecular weight is 357 g/mol. The number of nitrogens with one attached hydrogen (secondary N) is 1. The number of halogens is 4. The van der Waals surface area contributed by atoms with E-state index < -0.39 is 29.0 Å². The largest absolute Gasteiger partial charge is 0.416 e. The van der Waals surface area contributed by atoms with Gasteiger partial charge in [0.1, 0.15) is 11.4 Å². The highest BCUT2D eigenvalue weighted by atomic mass is 19.4. The Bertz CT molecular complexity index is 778. The summed E-state index contributed by atoms with van der Waals surface area (Å²) in [4.78, 5) is 12.5. The average Bonchev–Trinajstić information content (AvgIpc) is 2.98. The number of aromatic nitrogens is 2. The van der Waals surface area contributed by atoms with Gasteiger partial charge in [0.15, 0.2) is 0 Å². The molecule has 1 aromatic heterocycles. The number of hydrogen-bond donors (Lipinski definition) is 1. The molecule has 0 unspecified atom stereocenters. The zero-order valence-electron chi connectivity index (χ0n) is 14.3. The first kappa shape index (κ1) is 19.0. The number of hydrogen-bond acceptors (Lipinski definition) is 2. The normalized spacial score (nSPS) is 12.5. The minimum atomic E-state index is -4.65. The maximum absolute atomic E-state index is 13.9. The lowest BCUT2D eigenvalue weighted by Gasteiger charge is -2.24. The van der Waals surface area contributed by atoms with Gasteiger partial charge < -0.3 is 5.32 Å². The number of carbonyl (C=O) groups is 1. The van der Waals surface area contributed by atoms with Gasteiger partial charge in [0.05, 0.1) is 17.4 Å². The second-order valence-corrected chi connectivity index (χ2v) is 6.58. The highest BCUT2D eigenvalue weighted by molar-refractivity contribution is 5.96. The molecule has 0 saturated carbocycles. The van der Waals surface area contributed by atoms with Gasteiger partial charge in [-0.25, -0.2) is 4.39 Å². The van der Waals surface area contributed by atoms with Gasteiger partial charge in [0.2, 0.25) is 0 Å². The molecule has 0 atom stereocenters. The summed E-state index contributed by atoms with van der Waals surface area (Å²) in [6.07, 6.45) is -1.29. The maximum Gasteiger partial charge on any atom is 0.416 e. The molecule has 0 bridgehead atoms. The van der Waals surface area contributed by atoms with Gasteiger partial charge in [-0.2, -0.15) is 18.3 Å². The highest BCUT2D eigenvalue weighted by Gasteiger charge is 2.33. The van der Waals surface area contributed by atoms with E-state index in [0.717, 1.165) is 17.7 Å². The standard InChI is InChI=1S/C17H19F4N3O/c1-10(2)11-8-22-24(9-11)16(3,4)15(25)23-14-6-5-12(7-13(14)18)17(19,20)21/h5-10H,1-4H3,(H,23,25). The molecule has 0 radical (unpaired) electrons. The number of alkyl halides is 3. The van der Waals surface area contributed by atoms with Crippen LogP contribution in [0.4, 0.5) is 23.2 Å². The van der Waals surface area contributed by atoms with Gasteiger partial charge in [0.25, 0.3) is 5.91 Å². The third kappa shape index (κ3) is 4.00. The summed E-state index contributed by atoms with van der Waals surface area (Å²) in [6.45, 7) is 7.13. The summed E-state index contributed by atoms with van der Waals surface area (Å²) < 4.78 is 53.1. The second-order valence-electron chi connectivity index (χ2n) is 6.58. The molecule has 0 spiro atoms. The lowest BCUT2D eigenvalue weighted by atomic mass is 10.0. The van der Waals surface area contributed by atoms with E-state index in [1.165, 1.54) is 4.68 Å². The van der Waals surface area contributed by atoms with Crippen molar-refractivity contribution < 1.29 is 22.4 Å². The molecule has 8 heteroatoms. The Morgan fingerprint density at radius 1 is 1.24 bits per heavy atom. The number of benzene rings is 1. The fraction of sp³-hybridized carbons (Fsp3) is 0.412. The molecule has 1 N–H and O–H groups in total. The topological polar surface area (TPSA) is 46.9 Å². The molecule has 0 aliphatic rings. The van der Waals surface area contributed by atoms with Crippen LogP contribution in [0.2, 0.25) is 0 Å². The smallest absolute Gasteiger partial charge is 0.321 e. The van der Waals surface area contributed by atoms with Crippen LogP contribution in [0.25, 0.3) is 0 Å². The Labute approximate surface area is 142 Å². The predicted octanol–water partition coefficient (Wildman–Crippen LogP) is 4.54. The van der Waals surface area contributed by atoms with E-state index in [1.807, 2.05) is 13.8 Å². The summed E-state index contributed by atoms with van der Waals surface area (Å²) >= 11 is 0. The van der Waals surface area contributed by atoms with E-state index in [9.17, 15) is 22.4 Å². The molecular weight excluding hydrogens is 338 g/mol. The van der Waals surface area contributed by atoms with Crippen LogP contribution in [0.15, 0.2) is 30.6 Å². The predicted molar refractivity (Wildman–Crippen MR) is 85.7 cm³/mol. The fourth-order valence-corrected chi connectivity index (χ4v) is 2.11. The number of nitrogens with zero attached hydrogens (tertiary/aromatic N) is 2. The molecule has 1 amide bonds. The van der Waals surface area contributed by atoms with E-state index >= 15 is 0 Å². The third-order valence-electron chi connectivity index (χ3n) is 3.94. The van der Waals surface area contributed by atoms with Gasteiger partial charge in [-0.1, -0.05) is 13.8 Å². The third-order valence-corrected chi connectivity index (χ3v) is 3.94. The van der Waals surface area contributed by atoms with Crippen LogP contribution in [-0.2, 0) is 16.5 Å². The van der Waals surface area contributed by atoms with Crippen molar-refractivity contribution in [2.45, 2.75) is 45.3 Å². The van der Waals surface area contributed by atoms with E-state index in [0.29, 0.717) is 6.07 Å². The quantitative estimate of drug-likeness (QED) is 0.817. The molecular formula is C17H19F4N3O. The zero-order valence-corrected chi connectivity index (χ0v) is 14.3. The fourth-order valence-electron chi connectivity index (χ4n) is 2.11. The second kappa shape index (κ2) is 6.50. The van der Waals surface area contributed by atoms with E-state index in [-0.39, 0.29) is 11.6 Å². The Kier molecular flexibility index (Phi) is 4.92. The molecule has 1 heterocycles. The summed E-state index contributed by atoms with van der Waals surface area (Å²) in [5, 5.41) is 6.48. The highest BCUT2D eigenvalue weighted by Crippen LogP contribution is 2.31. The van der Waals surface area contributed by atoms with E-state index in [4.69, 9.17) is 0 Å². The Balaban J connectivity index is 2.23. The summed E-state index contributed by atoms with van der Waals surface area (Å²) in [6, 6.07) is 1.97. The lowest BCUT2D eigenvalue weighted by Crippen LogP contribution is -2.40. The van der Waals surface area contributed by atoms with Crippen LogP contribution in [0, 0.1) is 5.82 Å². The molecule has 136 valence electrons. The van der Waals surface area contributed by atoms with Crippen molar-refractivity contribution in [3.05, 3.63) is 47.5 Å². The van der Waals surface area contributed by atoms with Crippen molar-refractivity contribution >= 4 is 11.6 Å². The molecule has 0 aliphatic heterocycles. The number of carbonyl (C=O) groups excluding carboxylic acids is 1. The monoisotopic (exact) mass is 357 g/mol. The first-order valence-electron chi connectivity index (χ1n) is 7.66. The molecule has 4 nitrogen and oxygen atoms in total. The molecule has 0 fully saturated rings. The molecule has 2 rings (SSSR count). The van der Waals surface area contributed by atoms with Crippen molar-refractivity contribution in [3.63, 3.8) is 0 Å². The van der Waals surface area contributed by atoms with Crippen molar-refractivity contribution in [1.82, 2.24) is 9.78 Å². The van der Waals surface area contributed by atoms with Crippen LogP contribution >= 0.6 is 0 Å². The first-order valence-corrected chi connectivity index (χ1v) is 7.66. The van der Waals surface area contributed by atoms with Gasteiger partial charge in [-0.05, 0) is 43.5 Å². The van der Waals surface area contributed by atoms with Gasteiger partial charge in [0, 0.05) is 6.20 Å². The zero-order chi connectivity index (χ0) is 19.0. The van der Waals surface area contributed by atoms with Crippen molar-refractivity contribution in [3.8, 4) is 0 Å². The number of amides is 1. The van der Waals surface area contributed by atoms with Crippen LogP contribution in [0.1, 0.15) is 44.7 Å². The van der Waals surface area contributed by atoms with E-state index in [1.54, 1.807) is 26.2 Å². The summed E-state index contributed by atoms with van der Waals surface area (Å²) in [7, 11) is 0. The Morgan fingerprint density at radius 2 is 1.88 bits per heavy atom. The molecule has 2 aromatic rings. The van der Waals surface area contributed by atoms with Crippen LogP contribution in [0.3, 0.4) is 0 Å². The molecule has 0 saturated heterocycles. The first-order chi connectivity index (χ1) is 11.4. The van der Waals surface area contributed by atoms with Crippen molar-refractivity contribution in [2.75, 3.05) is 5.32 Å². The van der Waals surface area contributed by atoms with Crippen molar-refractivity contribution in [2.24, 2.45) is 0 Å². The van der Waals surface area contributed by atoms with E-state index in [2.05, 4.69) is 10.4 Å². The summed E-state index contributed by atoms with van der Waals surface area (Å²) in [5.41, 5.74) is -1.65. The van der Waals surface area contributed by atoms with Gasteiger partial charge >= 0.3 is 6.18 Å². The summed E-state index contributed by atoms with van der Waals surface area (Å²) in [5.74, 6) is -1.52. The molecule has 1 aromatic carbocycles. The number of rotatable bonds is 4. The van der Waals surface area contributed by atoms with Gasteiger partial charge in [-0.15, -0.1) is 0 Å². The van der Waals surface area contributed by atoms with Crippen LogP contribution < -0.4 is 5.32 Å². The minimum absolute atomic E-state index is 0.222. The van der Waals surface area contributed by atoms with Gasteiger partial charge in [-0.3, -0.25) is 9.48 Å². The molecule has 0 aliphatic carbocycles. The van der Waals surface area contributed by atoms with Crippen LogP contribution in [-0.4, -0.2) is 15.7 Å². The Morgan fingerprint density at radius 3 is 2.36 bits per heavy atom.